The molecule has 0 aliphatic heterocycles. The van der Waals surface area contributed by atoms with Gasteiger partial charge in [0.15, 0.2) is 0 Å². The van der Waals surface area contributed by atoms with Gasteiger partial charge in [-0.2, -0.15) is 0 Å². The van der Waals surface area contributed by atoms with Crippen molar-refractivity contribution in [2.24, 2.45) is 0 Å². The Hall–Kier alpha value is -0.520. The standard InChI is InChI=1S/C6H7/c1-2-3-6-4-5-6/h2H,1,3-4H2. The molecule has 0 nitrogen and oxygen atoms in total. The largest absolute Gasteiger partial charge is 0.103 e. The molecule has 31 valence electrons. The number of hydrogen-bond donors (Lipinski definition) is 0. The Labute approximate surface area is 38.2 Å². The summed E-state index contributed by atoms with van der Waals surface area (Å²) < 4.78 is 0. The predicted molar refractivity (Wildman–Crippen MR) is 26.2 cm³/mol. The normalized spacial score (nSPS) is 16.3. The van der Waals surface area contributed by atoms with E-state index in [1.807, 2.05) is 6.08 Å². The molecule has 0 aromatic heterocycles. The first-order valence-electron chi connectivity index (χ1n) is 2.13. The minimum absolute atomic E-state index is 1.06. The van der Waals surface area contributed by atoms with Crippen LogP contribution in [0.15, 0.2) is 18.2 Å². The molecule has 0 saturated heterocycles. The summed E-state index contributed by atoms with van der Waals surface area (Å²) in [4.78, 5) is 0. The lowest BCUT2D eigenvalue weighted by atomic mass is 10.3. The molecule has 6 heavy (non-hydrogen) atoms. The van der Waals surface area contributed by atoms with Gasteiger partial charge < -0.3 is 0 Å². The summed E-state index contributed by atoms with van der Waals surface area (Å²) in [5.41, 5.74) is 1.42. The monoisotopic (exact) mass is 79.1 g/mol. The van der Waals surface area contributed by atoms with Gasteiger partial charge in [0.05, 0.1) is 0 Å². The summed E-state index contributed by atoms with van der Waals surface area (Å²) in [6.07, 6.45) is 7.17. The second-order valence-electron chi connectivity index (χ2n) is 1.45. The molecule has 0 N–H and O–H groups in total. The van der Waals surface area contributed by atoms with Gasteiger partial charge in [-0.3, -0.25) is 0 Å². The van der Waals surface area contributed by atoms with Gasteiger partial charge in [-0.05, 0) is 18.9 Å². The molecule has 0 spiro atoms. The van der Waals surface area contributed by atoms with Gasteiger partial charge in [-0.1, -0.05) is 11.6 Å². The van der Waals surface area contributed by atoms with E-state index in [9.17, 15) is 0 Å². The Morgan fingerprint density at radius 2 is 2.67 bits per heavy atom. The van der Waals surface area contributed by atoms with E-state index >= 15 is 0 Å². The molecule has 0 aromatic carbocycles. The molecular weight excluding hydrogens is 72.1 g/mol. The van der Waals surface area contributed by atoms with Crippen molar-refractivity contribution in [3.05, 3.63) is 24.3 Å². The number of rotatable bonds is 2. The van der Waals surface area contributed by atoms with Crippen LogP contribution in [0.4, 0.5) is 0 Å². The zero-order chi connectivity index (χ0) is 4.41. The Kier molecular flexibility index (Phi) is 0.789. The zero-order valence-corrected chi connectivity index (χ0v) is 3.70. The minimum Gasteiger partial charge on any atom is -0.103 e. The van der Waals surface area contributed by atoms with Crippen LogP contribution in [0.1, 0.15) is 12.8 Å². The van der Waals surface area contributed by atoms with Gasteiger partial charge in [-0.15, -0.1) is 6.58 Å². The van der Waals surface area contributed by atoms with Crippen LogP contribution in [0, 0.1) is 6.08 Å². The van der Waals surface area contributed by atoms with Crippen molar-refractivity contribution in [2.45, 2.75) is 12.8 Å². The maximum atomic E-state index is 3.58. The molecule has 0 amide bonds. The van der Waals surface area contributed by atoms with E-state index in [1.54, 1.807) is 0 Å². The van der Waals surface area contributed by atoms with Gasteiger partial charge >= 0.3 is 0 Å². The van der Waals surface area contributed by atoms with Gasteiger partial charge in [0, 0.05) is 0 Å². The molecule has 0 saturated carbocycles. The Balaban J connectivity index is 2.16. The summed E-state index contributed by atoms with van der Waals surface area (Å²) in [5, 5.41) is 0. The molecule has 0 aromatic rings. The highest BCUT2D eigenvalue weighted by Gasteiger charge is 2.02. The summed E-state index contributed by atoms with van der Waals surface area (Å²) in [6, 6.07) is 0. The van der Waals surface area contributed by atoms with E-state index in [-0.39, 0.29) is 0 Å². The highest BCUT2D eigenvalue weighted by molar-refractivity contribution is 5.17. The molecule has 0 atom stereocenters. The molecule has 0 fully saturated rings. The second kappa shape index (κ2) is 1.29. The number of allylic oxidation sites excluding steroid dienone is 3. The van der Waals surface area contributed by atoms with Crippen LogP contribution < -0.4 is 0 Å². The van der Waals surface area contributed by atoms with Crippen LogP contribution in [0.2, 0.25) is 0 Å². The van der Waals surface area contributed by atoms with Crippen LogP contribution in [0.5, 0.6) is 0 Å². The van der Waals surface area contributed by atoms with Crippen LogP contribution in [0.25, 0.3) is 0 Å². The van der Waals surface area contributed by atoms with E-state index in [2.05, 4.69) is 12.7 Å². The molecule has 0 heteroatoms. The maximum absolute atomic E-state index is 3.58. The Morgan fingerprint density at radius 3 is 2.83 bits per heavy atom. The smallest absolute Gasteiger partial charge is 0.00553 e. The fraction of sp³-hybridized carbons (Fsp3) is 0.333. The molecule has 1 rings (SSSR count). The van der Waals surface area contributed by atoms with E-state index in [1.165, 1.54) is 5.57 Å². The fourth-order valence-electron chi connectivity index (χ4n) is 0.381. The van der Waals surface area contributed by atoms with Gasteiger partial charge in [0.1, 0.15) is 0 Å². The van der Waals surface area contributed by atoms with Crippen molar-refractivity contribution >= 4 is 0 Å². The van der Waals surface area contributed by atoms with Gasteiger partial charge in [0.2, 0.25) is 0 Å². The van der Waals surface area contributed by atoms with E-state index in [0.29, 0.717) is 0 Å². The van der Waals surface area contributed by atoms with E-state index < -0.39 is 0 Å². The molecule has 0 bridgehead atoms. The zero-order valence-electron chi connectivity index (χ0n) is 3.70. The first-order chi connectivity index (χ1) is 2.93. The van der Waals surface area contributed by atoms with Crippen molar-refractivity contribution in [3.8, 4) is 0 Å². The summed E-state index contributed by atoms with van der Waals surface area (Å²) in [7, 11) is 0. The Bertz CT molecular complexity index is 88.2. The lowest BCUT2D eigenvalue weighted by Crippen LogP contribution is -1.52. The fourth-order valence-corrected chi connectivity index (χ4v) is 0.381. The third kappa shape index (κ3) is 0.713. The molecular formula is C6H7. The molecule has 0 heterocycles. The summed E-state index contributed by atoms with van der Waals surface area (Å²) >= 11 is 0. The quantitative estimate of drug-likeness (QED) is 0.442. The van der Waals surface area contributed by atoms with Crippen LogP contribution >= 0.6 is 0 Å². The van der Waals surface area contributed by atoms with Gasteiger partial charge in [0.25, 0.3) is 0 Å². The predicted octanol–water partition coefficient (Wildman–Crippen LogP) is 1.70. The van der Waals surface area contributed by atoms with E-state index in [4.69, 9.17) is 0 Å². The lowest BCUT2D eigenvalue weighted by molar-refractivity contribution is 1.29. The maximum Gasteiger partial charge on any atom is -0.00553 e. The third-order valence-corrected chi connectivity index (χ3v) is 0.818. The van der Waals surface area contributed by atoms with Crippen LogP contribution in [-0.2, 0) is 0 Å². The van der Waals surface area contributed by atoms with Gasteiger partial charge in [-0.25, -0.2) is 0 Å². The topological polar surface area (TPSA) is 0 Å². The average Bonchev–Trinajstić information content (AvgIpc) is 2.21. The van der Waals surface area contributed by atoms with Crippen LogP contribution in [-0.4, -0.2) is 0 Å². The SMILES string of the molecule is C=CCC1=[C]C1. The average molecular weight is 79.1 g/mol. The number of hydrogen-bond acceptors (Lipinski definition) is 0. The summed E-state index contributed by atoms with van der Waals surface area (Å²) in [5.74, 6) is 0. The Morgan fingerprint density at radius 1 is 2.00 bits per heavy atom. The highest BCUT2D eigenvalue weighted by atomic mass is 14.1. The first-order valence-corrected chi connectivity index (χ1v) is 2.13. The third-order valence-electron chi connectivity index (χ3n) is 0.818. The second-order valence-corrected chi connectivity index (χ2v) is 1.45. The highest BCUT2D eigenvalue weighted by Crippen LogP contribution is 2.19. The summed E-state index contributed by atoms with van der Waals surface area (Å²) in [6.45, 7) is 3.58. The van der Waals surface area contributed by atoms with Crippen molar-refractivity contribution in [1.82, 2.24) is 0 Å². The molecule has 1 radical (unpaired) electrons. The van der Waals surface area contributed by atoms with Crippen molar-refractivity contribution < 1.29 is 0 Å². The molecule has 1 aliphatic carbocycles. The van der Waals surface area contributed by atoms with Crippen molar-refractivity contribution in [3.63, 3.8) is 0 Å². The van der Waals surface area contributed by atoms with Crippen molar-refractivity contribution in [1.29, 1.82) is 0 Å². The first kappa shape index (κ1) is 3.66. The minimum atomic E-state index is 1.06. The van der Waals surface area contributed by atoms with E-state index in [0.717, 1.165) is 12.8 Å². The van der Waals surface area contributed by atoms with Crippen molar-refractivity contribution in [2.75, 3.05) is 0 Å². The lowest BCUT2D eigenvalue weighted by Gasteiger charge is -1.72. The van der Waals surface area contributed by atoms with Crippen LogP contribution in [0.3, 0.4) is 0 Å². The molecule has 0 unspecified atom stereocenters. The molecule has 1 aliphatic rings.